The Bertz CT molecular complexity index is 420. The molecule has 0 heterocycles. The first-order valence-corrected chi connectivity index (χ1v) is 8.60. The van der Waals surface area contributed by atoms with E-state index >= 15 is 0 Å². The molecule has 6 aliphatic carbocycles. The molecule has 0 heteroatoms. The number of hydrogen-bond donors (Lipinski definition) is 0. The fourth-order valence-corrected chi connectivity index (χ4v) is 6.64. The van der Waals surface area contributed by atoms with Gasteiger partial charge >= 0.3 is 0 Å². The largest absolute Gasteiger partial charge is 0.0773 e. The SMILES string of the molecule is C1=CC(C2C3CC4CC2CC(C3)C4C2C=CC=C2)C=C1. The summed E-state index contributed by atoms with van der Waals surface area (Å²) in [5.74, 6) is 7.62. The second kappa shape index (κ2) is 4.23. The highest BCUT2D eigenvalue weighted by molar-refractivity contribution is 5.24. The van der Waals surface area contributed by atoms with E-state index in [9.17, 15) is 0 Å². The van der Waals surface area contributed by atoms with Gasteiger partial charge in [-0.1, -0.05) is 48.6 Å². The standard InChI is InChI=1S/C20H24/c1-2-6-13(5-1)19-15-9-17-11-16(19)12-18(10-15)20(17)14-7-3-4-8-14/h1-8,13-20H,9-12H2. The van der Waals surface area contributed by atoms with E-state index in [-0.39, 0.29) is 0 Å². The van der Waals surface area contributed by atoms with Crippen molar-refractivity contribution in [3.05, 3.63) is 48.6 Å². The minimum absolute atomic E-state index is 0.773. The van der Waals surface area contributed by atoms with E-state index < -0.39 is 0 Å². The molecule has 104 valence electrons. The molecule has 0 aromatic rings. The van der Waals surface area contributed by atoms with Crippen molar-refractivity contribution in [2.45, 2.75) is 25.7 Å². The summed E-state index contributed by atoms with van der Waals surface area (Å²) in [6, 6.07) is 0. The van der Waals surface area contributed by atoms with E-state index in [0.29, 0.717) is 0 Å². The highest BCUT2D eigenvalue weighted by Gasteiger charge is 2.55. The highest BCUT2D eigenvalue weighted by atomic mass is 14.6. The summed E-state index contributed by atoms with van der Waals surface area (Å²) in [4.78, 5) is 0. The van der Waals surface area contributed by atoms with Gasteiger partial charge in [0.15, 0.2) is 0 Å². The second-order valence-electron chi connectivity index (χ2n) is 7.83. The van der Waals surface area contributed by atoms with Crippen molar-refractivity contribution in [1.82, 2.24) is 0 Å². The molecule has 0 amide bonds. The van der Waals surface area contributed by atoms with E-state index in [0.717, 1.165) is 47.3 Å². The third-order valence-electron chi connectivity index (χ3n) is 7.04. The molecule has 4 bridgehead atoms. The van der Waals surface area contributed by atoms with Crippen LogP contribution in [-0.2, 0) is 0 Å². The van der Waals surface area contributed by atoms with Gasteiger partial charge in [0.2, 0.25) is 0 Å². The molecule has 0 aromatic carbocycles. The Morgan fingerprint density at radius 2 is 0.750 bits per heavy atom. The average Bonchev–Trinajstić information content (AvgIpc) is 3.10. The van der Waals surface area contributed by atoms with Gasteiger partial charge in [-0.15, -0.1) is 0 Å². The molecular formula is C20H24. The Labute approximate surface area is 122 Å². The summed E-state index contributed by atoms with van der Waals surface area (Å²) in [6.45, 7) is 0. The first-order valence-electron chi connectivity index (χ1n) is 8.60. The number of allylic oxidation sites excluding steroid dienone is 8. The number of rotatable bonds is 2. The molecule has 0 radical (unpaired) electrons. The maximum Gasteiger partial charge on any atom is -0.00137 e. The summed E-state index contributed by atoms with van der Waals surface area (Å²) in [5.41, 5.74) is 0. The van der Waals surface area contributed by atoms with Gasteiger partial charge in [-0.3, -0.25) is 0 Å². The zero-order chi connectivity index (χ0) is 13.1. The normalized spacial score (nSPS) is 49.0. The monoisotopic (exact) mass is 264 g/mol. The molecule has 0 spiro atoms. The lowest BCUT2D eigenvalue weighted by Gasteiger charge is -2.60. The van der Waals surface area contributed by atoms with Crippen LogP contribution in [0.3, 0.4) is 0 Å². The van der Waals surface area contributed by atoms with Crippen molar-refractivity contribution in [2.24, 2.45) is 47.3 Å². The van der Waals surface area contributed by atoms with Gasteiger partial charge in [-0.2, -0.15) is 0 Å². The van der Waals surface area contributed by atoms with Crippen LogP contribution in [0, 0.1) is 47.3 Å². The first kappa shape index (κ1) is 11.6. The molecule has 0 nitrogen and oxygen atoms in total. The summed E-state index contributed by atoms with van der Waals surface area (Å²) in [7, 11) is 0. The lowest BCUT2D eigenvalue weighted by atomic mass is 9.45. The van der Waals surface area contributed by atoms with Gasteiger partial charge in [0.05, 0.1) is 0 Å². The third-order valence-corrected chi connectivity index (χ3v) is 7.04. The molecule has 20 heavy (non-hydrogen) atoms. The summed E-state index contributed by atoms with van der Waals surface area (Å²) in [6.07, 6.45) is 25.0. The van der Waals surface area contributed by atoms with Crippen LogP contribution in [0.4, 0.5) is 0 Å². The van der Waals surface area contributed by atoms with Crippen LogP contribution in [0.1, 0.15) is 25.7 Å². The molecule has 0 aliphatic heterocycles. The highest BCUT2D eigenvalue weighted by Crippen LogP contribution is 2.62. The van der Waals surface area contributed by atoms with Gasteiger partial charge in [0, 0.05) is 0 Å². The second-order valence-corrected chi connectivity index (χ2v) is 7.83. The van der Waals surface area contributed by atoms with Gasteiger partial charge in [0.25, 0.3) is 0 Å². The Balaban J connectivity index is 1.41. The predicted molar refractivity (Wildman–Crippen MR) is 82.9 cm³/mol. The van der Waals surface area contributed by atoms with Crippen LogP contribution >= 0.6 is 0 Å². The molecule has 0 aromatic heterocycles. The minimum atomic E-state index is 0.773. The molecule has 0 atom stereocenters. The van der Waals surface area contributed by atoms with Crippen LogP contribution in [0.25, 0.3) is 0 Å². The van der Waals surface area contributed by atoms with Crippen LogP contribution in [0.5, 0.6) is 0 Å². The fraction of sp³-hybridized carbons (Fsp3) is 0.600. The molecule has 6 aliphatic rings. The Hall–Kier alpha value is -1.04. The zero-order valence-corrected chi connectivity index (χ0v) is 12.1. The van der Waals surface area contributed by atoms with Crippen LogP contribution in [0.2, 0.25) is 0 Å². The lowest BCUT2D eigenvalue weighted by Crippen LogP contribution is -2.52. The maximum atomic E-state index is 2.47. The minimum Gasteiger partial charge on any atom is -0.0773 e. The number of hydrogen-bond acceptors (Lipinski definition) is 0. The van der Waals surface area contributed by atoms with Crippen molar-refractivity contribution < 1.29 is 0 Å². The van der Waals surface area contributed by atoms with Crippen molar-refractivity contribution in [1.29, 1.82) is 0 Å². The predicted octanol–water partition coefficient (Wildman–Crippen LogP) is 4.77. The van der Waals surface area contributed by atoms with Gasteiger partial charge in [0.1, 0.15) is 0 Å². The van der Waals surface area contributed by atoms with E-state index in [1.807, 2.05) is 0 Å². The van der Waals surface area contributed by atoms with Crippen molar-refractivity contribution in [2.75, 3.05) is 0 Å². The molecule has 4 saturated carbocycles. The van der Waals surface area contributed by atoms with Gasteiger partial charge in [-0.25, -0.2) is 0 Å². The Kier molecular flexibility index (Phi) is 2.45. The Morgan fingerprint density at radius 1 is 0.450 bits per heavy atom. The van der Waals surface area contributed by atoms with E-state index in [4.69, 9.17) is 0 Å². The van der Waals surface area contributed by atoms with Crippen molar-refractivity contribution >= 4 is 0 Å². The van der Waals surface area contributed by atoms with E-state index in [1.165, 1.54) is 25.7 Å². The quantitative estimate of drug-likeness (QED) is 0.674. The topological polar surface area (TPSA) is 0 Å². The molecule has 0 unspecified atom stereocenters. The molecule has 4 fully saturated rings. The van der Waals surface area contributed by atoms with Crippen molar-refractivity contribution in [3.8, 4) is 0 Å². The zero-order valence-electron chi connectivity index (χ0n) is 12.1. The van der Waals surface area contributed by atoms with E-state index in [1.54, 1.807) is 0 Å². The molecular weight excluding hydrogens is 240 g/mol. The summed E-state index contributed by atoms with van der Waals surface area (Å²) < 4.78 is 0. The van der Waals surface area contributed by atoms with Crippen LogP contribution in [0.15, 0.2) is 48.6 Å². The first-order chi connectivity index (χ1) is 9.90. The van der Waals surface area contributed by atoms with Gasteiger partial charge in [-0.05, 0) is 73.0 Å². The molecule has 0 saturated heterocycles. The van der Waals surface area contributed by atoms with Crippen molar-refractivity contribution in [3.63, 3.8) is 0 Å². The van der Waals surface area contributed by atoms with Gasteiger partial charge < -0.3 is 0 Å². The third kappa shape index (κ3) is 1.54. The smallest absolute Gasteiger partial charge is 0.00137 e. The summed E-state index contributed by atoms with van der Waals surface area (Å²) >= 11 is 0. The lowest BCUT2D eigenvalue weighted by molar-refractivity contribution is -0.0949. The fourth-order valence-electron chi connectivity index (χ4n) is 6.64. The molecule has 6 rings (SSSR count). The van der Waals surface area contributed by atoms with Crippen LogP contribution in [-0.4, -0.2) is 0 Å². The van der Waals surface area contributed by atoms with Crippen LogP contribution < -0.4 is 0 Å². The summed E-state index contributed by atoms with van der Waals surface area (Å²) in [5, 5.41) is 0. The Morgan fingerprint density at radius 3 is 1.05 bits per heavy atom. The molecule has 0 N–H and O–H groups in total. The average molecular weight is 264 g/mol. The maximum absolute atomic E-state index is 2.47. The van der Waals surface area contributed by atoms with E-state index in [2.05, 4.69) is 48.6 Å².